The molecule has 0 atom stereocenters. The average Bonchev–Trinajstić information content (AvgIpc) is 2.47. The number of sulfone groups is 1. The number of rotatable bonds is 6. The Hall–Kier alpha value is -2.14. The molecule has 0 N–H and O–H groups in total. The Morgan fingerprint density at radius 3 is 2.43 bits per heavy atom. The highest BCUT2D eigenvalue weighted by atomic mass is 32.2. The van der Waals surface area contributed by atoms with Crippen molar-refractivity contribution in [1.29, 1.82) is 0 Å². The Labute approximate surface area is 124 Å². The van der Waals surface area contributed by atoms with Gasteiger partial charge in [0.2, 0.25) is 0 Å². The second kappa shape index (κ2) is 6.54. The summed E-state index contributed by atoms with van der Waals surface area (Å²) in [6, 6.07) is 15.2. The van der Waals surface area contributed by atoms with Crippen LogP contribution in [0.15, 0.2) is 59.5 Å². The summed E-state index contributed by atoms with van der Waals surface area (Å²) < 4.78 is 29.5. The average molecular weight is 304 g/mol. The molecule has 0 saturated heterocycles. The highest BCUT2D eigenvalue weighted by Crippen LogP contribution is 2.18. The van der Waals surface area contributed by atoms with E-state index in [9.17, 15) is 13.2 Å². The van der Waals surface area contributed by atoms with Crippen molar-refractivity contribution in [2.75, 3.05) is 12.9 Å². The number of benzene rings is 2. The number of ketones is 1. The van der Waals surface area contributed by atoms with Gasteiger partial charge in [0.25, 0.3) is 0 Å². The summed E-state index contributed by atoms with van der Waals surface area (Å²) in [5.74, 6) is -0.384. The summed E-state index contributed by atoms with van der Waals surface area (Å²) in [6.45, 7) is 0. The van der Waals surface area contributed by atoms with Crippen LogP contribution >= 0.6 is 0 Å². The van der Waals surface area contributed by atoms with Gasteiger partial charge in [-0.1, -0.05) is 36.4 Å². The monoisotopic (exact) mass is 304 g/mol. The van der Waals surface area contributed by atoms with Crippen LogP contribution in [0.1, 0.15) is 5.56 Å². The lowest BCUT2D eigenvalue weighted by Gasteiger charge is -2.06. The maximum atomic E-state index is 12.2. The Balaban J connectivity index is 2.11. The Kier molecular flexibility index (Phi) is 4.75. The number of ether oxygens (including phenoxy) is 1. The molecule has 0 unspecified atom stereocenters. The minimum Gasteiger partial charge on any atom is -0.497 e. The quantitative estimate of drug-likeness (QED) is 0.821. The van der Waals surface area contributed by atoms with E-state index in [-0.39, 0.29) is 17.1 Å². The van der Waals surface area contributed by atoms with Crippen LogP contribution < -0.4 is 4.74 Å². The highest BCUT2D eigenvalue weighted by Gasteiger charge is 2.19. The van der Waals surface area contributed by atoms with Gasteiger partial charge in [-0.2, -0.15) is 0 Å². The summed E-state index contributed by atoms with van der Waals surface area (Å²) in [5.41, 5.74) is 0.809. The van der Waals surface area contributed by atoms with E-state index in [1.54, 1.807) is 24.3 Å². The van der Waals surface area contributed by atoms with Crippen LogP contribution in [-0.4, -0.2) is 27.1 Å². The molecule has 0 radical (unpaired) electrons. The van der Waals surface area contributed by atoms with E-state index in [2.05, 4.69) is 0 Å². The molecule has 4 nitrogen and oxygen atoms in total. The third kappa shape index (κ3) is 4.16. The first-order valence-electron chi connectivity index (χ1n) is 6.44. The molecule has 2 aromatic rings. The molecule has 0 aliphatic carbocycles. The summed E-state index contributed by atoms with van der Waals surface area (Å²) in [7, 11) is -2.18. The summed E-state index contributed by atoms with van der Waals surface area (Å²) >= 11 is 0. The molecule has 0 saturated carbocycles. The van der Waals surface area contributed by atoms with E-state index < -0.39 is 15.6 Å². The van der Waals surface area contributed by atoms with Crippen molar-refractivity contribution < 1.29 is 17.9 Å². The first kappa shape index (κ1) is 15.3. The lowest BCUT2D eigenvalue weighted by atomic mass is 10.1. The molecule has 0 heterocycles. The molecule has 0 aromatic heterocycles. The second-order valence-corrected chi connectivity index (χ2v) is 6.63. The normalized spacial score (nSPS) is 11.1. The number of hydrogen-bond donors (Lipinski definition) is 0. The van der Waals surface area contributed by atoms with Crippen LogP contribution in [0, 0.1) is 0 Å². The Bertz CT molecular complexity index is 721. The number of methoxy groups -OCH3 is 1. The van der Waals surface area contributed by atoms with Crippen molar-refractivity contribution >= 4 is 15.6 Å². The van der Waals surface area contributed by atoms with Crippen molar-refractivity contribution in [2.24, 2.45) is 0 Å². The number of carbonyl (C=O) groups is 1. The van der Waals surface area contributed by atoms with Gasteiger partial charge in [-0.05, 0) is 23.8 Å². The molecule has 0 spiro atoms. The van der Waals surface area contributed by atoms with Crippen molar-refractivity contribution in [3.8, 4) is 5.75 Å². The largest absolute Gasteiger partial charge is 0.497 e. The molecule has 0 aliphatic rings. The van der Waals surface area contributed by atoms with Gasteiger partial charge in [0, 0.05) is 6.42 Å². The van der Waals surface area contributed by atoms with Gasteiger partial charge in [0.05, 0.1) is 12.0 Å². The van der Waals surface area contributed by atoms with Crippen LogP contribution in [0.3, 0.4) is 0 Å². The van der Waals surface area contributed by atoms with Crippen LogP contribution in [0.4, 0.5) is 0 Å². The zero-order chi connectivity index (χ0) is 15.3. The van der Waals surface area contributed by atoms with Gasteiger partial charge in [-0.15, -0.1) is 0 Å². The van der Waals surface area contributed by atoms with Crippen LogP contribution in [-0.2, 0) is 21.1 Å². The number of carbonyl (C=O) groups excluding carboxylic acids is 1. The van der Waals surface area contributed by atoms with Gasteiger partial charge in [-0.25, -0.2) is 8.42 Å². The topological polar surface area (TPSA) is 60.4 Å². The lowest BCUT2D eigenvalue weighted by molar-refractivity contribution is -0.116. The van der Waals surface area contributed by atoms with Crippen LogP contribution in [0.5, 0.6) is 5.75 Å². The summed E-state index contributed by atoms with van der Waals surface area (Å²) in [6.07, 6.45) is 0.115. The number of hydrogen-bond acceptors (Lipinski definition) is 4. The minimum atomic E-state index is -3.64. The van der Waals surface area contributed by atoms with E-state index in [1.165, 1.54) is 19.2 Å². The lowest BCUT2D eigenvalue weighted by Crippen LogP contribution is -2.18. The minimum absolute atomic E-state index is 0.100. The fourth-order valence-electron chi connectivity index (χ4n) is 1.96. The predicted octanol–water partition coefficient (Wildman–Crippen LogP) is 2.28. The van der Waals surface area contributed by atoms with Gasteiger partial charge >= 0.3 is 0 Å². The molecule has 0 bridgehead atoms. The fourth-order valence-corrected chi connectivity index (χ4v) is 3.24. The second-order valence-electron chi connectivity index (χ2n) is 4.64. The van der Waals surface area contributed by atoms with Gasteiger partial charge < -0.3 is 4.74 Å². The van der Waals surface area contributed by atoms with Crippen molar-refractivity contribution in [2.45, 2.75) is 11.3 Å². The van der Waals surface area contributed by atoms with E-state index in [0.29, 0.717) is 5.75 Å². The van der Waals surface area contributed by atoms with Gasteiger partial charge in [0.15, 0.2) is 15.6 Å². The third-order valence-corrected chi connectivity index (χ3v) is 4.67. The Morgan fingerprint density at radius 2 is 1.76 bits per heavy atom. The first-order valence-corrected chi connectivity index (χ1v) is 8.09. The molecular formula is C16H16O4S. The van der Waals surface area contributed by atoms with Crippen molar-refractivity contribution in [3.05, 3.63) is 60.2 Å². The zero-order valence-electron chi connectivity index (χ0n) is 11.7. The molecule has 2 rings (SSSR count). The zero-order valence-corrected chi connectivity index (χ0v) is 12.5. The predicted molar refractivity (Wildman–Crippen MR) is 80.2 cm³/mol. The smallest absolute Gasteiger partial charge is 0.185 e. The first-order chi connectivity index (χ1) is 10.0. The summed E-state index contributed by atoms with van der Waals surface area (Å²) in [4.78, 5) is 12.0. The highest BCUT2D eigenvalue weighted by molar-refractivity contribution is 7.92. The third-order valence-electron chi connectivity index (χ3n) is 3.00. The van der Waals surface area contributed by atoms with E-state index in [1.807, 2.05) is 18.2 Å². The van der Waals surface area contributed by atoms with E-state index in [0.717, 1.165) is 5.56 Å². The molecule has 110 valence electrons. The molecule has 5 heteroatoms. The maximum Gasteiger partial charge on any atom is 0.185 e. The molecule has 21 heavy (non-hydrogen) atoms. The molecular weight excluding hydrogens is 288 g/mol. The van der Waals surface area contributed by atoms with Crippen LogP contribution in [0.25, 0.3) is 0 Å². The molecule has 0 fully saturated rings. The fraction of sp³-hybridized carbons (Fsp3) is 0.188. The van der Waals surface area contributed by atoms with E-state index in [4.69, 9.17) is 4.74 Å². The van der Waals surface area contributed by atoms with E-state index >= 15 is 0 Å². The standard InChI is InChI=1S/C16H16O4S/c1-20-15-8-5-9-16(11-15)21(18,19)12-14(17)10-13-6-3-2-4-7-13/h2-9,11H,10,12H2,1H3. The molecule has 2 aromatic carbocycles. The van der Waals surface area contributed by atoms with Gasteiger partial charge in [0.1, 0.15) is 11.5 Å². The van der Waals surface area contributed by atoms with Crippen molar-refractivity contribution in [3.63, 3.8) is 0 Å². The maximum absolute atomic E-state index is 12.2. The summed E-state index contributed by atoms with van der Waals surface area (Å²) in [5, 5.41) is 0. The molecule has 0 amide bonds. The van der Waals surface area contributed by atoms with Crippen molar-refractivity contribution in [1.82, 2.24) is 0 Å². The molecule has 0 aliphatic heterocycles. The van der Waals surface area contributed by atoms with Crippen LogP contribution in [0.2, 0.25) is 0 Å². The SMILES string of the molecule is COc1cccc(S(=O)(=O)CC(=O)Cc2ccccc2)c1. The Morgan fingerprint density at radius 1 is 1.05 bits per heavy atom. The number of Topliss-reactive ketones (excluding diaryl/α,β-unsaturated/α-hetero) is 1. The van der Waals surface area contributed by atoms with Gasteiger partial charge in [-0.3, -0.25) is 4.79 Å².